The molecule has 2 rings (SSSR count). The fraction of sp³-hybridized carbons (Fsp3) is 0.200. The quantitative estimate of drug-likeness (QED) is 0.815. The monoisotopic (exact) mass is 371 g/mol. The lowest BCUT2D eigenvalue weighted by Crippen LogP contribution is -2.01. The Kier molecular flexibility index (Phi) is 5.20. The molecule has 0 saturated carbocycles. The van der Waals surface area contributed by atoms with E-state index < -0.39 is 0 Å². The molecule has 0 fully saturated rings. The van der Waals surface area contributed by atoms with Crippen LogP contribution in [0.1, 0.15) is 5.56 Å². The van der Waals surface area contributed by atoms with Gasteiger partial charge in [0.25, 0.3) is 0 Å². The number of anilines is 1. The van der Waals surface area contributed by atoms with Gasteiger partial charge in [0, 0.05) is 18.7 Å². The summed E-state index contributed by atoms with van der Waals surface area (Å²) in [5, 5.41) is 13.3. The first-order chi connectivity index (χ1) is 10.0. The van der Waals surface area contributed by atoms with Crippen molar-refractivity contribution in [2.24, 2.45) is 0 Å². The van der Waals surface area contributed by atoms with Crippen LogP contribution in [-0.2, 0) is 6.54 Å². The van der Waals surface area contributed by atoms with E-state index in [-0.39, 0.29) is 5.75 Å². The Balaban J connectivity index is 2.17. The normalized spacial score (nSPS) is 10.3. The van der Waals surface area contributed by atoms with Crippen molar-refractivity contribution in [2.45, 2.75) is 6.54 Å². The molecule has 0 unspecified atom stereocenters. The number of hydrogen-bond acceptors (Lipinski definition) is 4. The number of hydrogen-bond donors (Lipinski definition) is 2. The molecule has 2 aromatic rings. The highest BCUT2D eigenvalue weighted by Gasteiger charge is 2.10. The molecule has 2 N–H and O–H groups in total. The average Bonchev–Trinajstić information content (AvgIpc) is 2.49. The van der Waals surface area contributed by atoms with Crippen molar-refractivity contribution < 1.29 is 14.6 Å². The first kappa shape index (κ1) is 15.8. The second kappa shape index (κ2) is 6.91. The molecule has 0 spiro atoms. The van der Waals surface area contributed by atoms with E-state index in [1.807, 2.05) is 12.1 Å². The van der Waals surface area contributed by atoms with Gasteiger partial charge in [-0.25, -0.2) is 0 Å². The first-order valence-corrected chi connectivity index (χ1v) is 7.35. The minimum absolute atomic E-state index is 0.211. The molecular formula is C15H15BrClNO3. The molecule has 0 atom stereocenters. The topological polar surface area (TPSA) is 50.7 Å². The van der Waals surface area contributed by atoms with Crippen LogP contribution in [0.15, 0.2) is 34.8 Å². The molecule has 0 radical (unpaired) electrons. The van der Waals surface area contributed by atoms with Crippen LogP contribution in [0.3, 0.4) is 0 Å². The van der Waals surface area contributed by atoms with Crippen LogP contribution in [0.2, 0.25) is 5.02 Å². The Hall–Kier alpha value is -1.59. The average molecular weight is 373 g/mol. The molecule has 2 aromatic carbocycles. The van der Waals surface area contributed by atoms with Gasteiger partial charge in [-0.15, -0.1) is 0 Å². The van der Waals surface area contributed by atoms with Gasteiger partial charge in [-0.05, 0) is 33.6 Å². The van der Waals surface area contributed by atoms with Crippen LogP contribution < -0.4 is 14.8 Å². The third-order valence-electron chi connectivity index (χ3n) is 2.97. The van der Waals surface area contributed by atoms with Gasteiger partial charge >= 0.3 is 0 Å². The van der Waals surface area contributed by atoms with Crippen molar-refractivity contribution in [1.82, 2.24) is 0 Å². The highest BCUT2D eigenvalue weighted by Crippen LogP contribution is 2.36. The van der Waals surface area contributed by atoms with E-state index in [0.29, 0.717) is 27.5 Å². The van der Waals surface area contributed by atoms with Crippen molar-refractivity contribution in [3.05, 3.63) is 45.4 Å². The van der Waals surface area contributed by atoms with Gasteiger partial charge in [-0.2, -0.15) is 0 Å². The number of phenols is 1. The van der Waals surface area contributed by atoms with Crippen LogP contribution >= 0.6 is 27.5 Å². The Morgan fingerprint density at radius 2 is 1.81 bits per heavy atom. The summed E-state index contributed by atoms with van der Waals surface area (Å²) in [5.41, 5.74) is 1.75. The van der Waals surface area contributed by atoms with E-state index in [1.54, 1.807) is 32.4 Å². The molecule has 0 heterocycles. The predicted molar refractivity (Wildman–Crippen MR) is 87.7 cm³/mol. The molecule has 4 nitrogen and oxygen atoms in total. The summed E-state index contributed by atoms with van der Waals surface area (Å²) < 4.78 is 11.1. The van der Waals surface area contributed by atoms with E-state index in [2.05, 4.69) is 21.2 Å². The largest absolute Gasteiger partial charge is 0.507 e. The maximum Gasteiger partial charge on any atom is 0.162 e. The van der Waals surface area contributed by atoms with E-state index in [9.17, 15) is 5.11 Å². The molecule has 0 saturated heterocycles. The minimum Gasteiger partial charge on any atom is -0.507 e. The van der Waals surface area contributed by atoms with Crippen LogP contribution in [0.5, 0.6) is 17.2 Å². The highest BCUT2D eigenvalue weighted by molar-refractivity contribution is 9.10. The number of phenolic OH excluding ortho intramolecular Hbond substituents is 1. The Morgan fingerprint density at radius 1 is 1.14 bits per heavy atom. The third-order valence-corrected chi connectivity index (χ3v) is 3.92. The van der Waals surface area contributed by atoms with Crippen molar-refractivity contribution in [3.8, 4) is 17.2 Å². The zero-order valence-electron chi connectivity index (χ0n) is 11.6. The number of methoxy groups -OCH3 is 2. The Labute approximate surface area is 136 Å². The van der Waals surface area contributed by atoms with Crippen LogP contribution in [-0.4, -0.2) is 19.3 Å². The lowest BCUT2D eigenvalue weighted by molar-refractivity contribution is 0.355. The maximum absolute atomic E-state index is 9.48. The first-order valence-electron chi connectivity index (χ1n) is 6.18. The number of ether oxygens (including phenoxy) is 2. The maximum atomic E-state index is 9.48. The predicted octanol–water partition coefficient (Wildman–Crippen LogP) is 4.44. The van der Waals surface area contributed by atoms with Crippen molar-refractivity contribution >= 4 is 33.2 Å². The number of nitrogens with one attached hydrogen (secondary N) is 1. The molecule has 0 aliphatic heterocycles. The number of halogens is 2. The fourth-order valence-electron chi connectivity index (χ4n) is 1.85. The minimum atomic E-state index is 0.211. The van der Waals surface area contributed by atoms with E-state index in [1.165, 1.54) is 0 Å². The van der Waals surface area contributed by atoms with Crippen molar-refractivity contribution in [2.75, 3.05) is 19.5 Å². The SMILES string of the molecule is COc1cc(Cl)c(NCc2ccc(O)c(Br)c2)cc1OC. The third kappa shape index (κ3) is 3.74. The van der Waals surface area contributed by atoms with E-state index >= 15 is 0 Å². The second-order valence-corrected chi connectivity index (χ2v) is 5.59. The van der Waals surface area contributed by atoms with Crippen LogP contribution in [0.4, 0.5) is 5.69 Å². The summed E-state index contributed by atoms with van der Waals surface area (Å²) >= 11 is 9.50. The molecular weight excluding hydrogens is 358 g/mol. The van der Waals surface area contributed by atoms with Gasteiger partial charge in [0.1, 0.15) is 5.75 Å². The lowest BCUT2D eigenvalue weighted by Gasteiger charge is -2.13. The molecule has 112 valence electrons. The molecule has 0 amide bonds. The molecule has 6 heteroatoms. The fourth-order valence-corrected chi connectivity index (χ4v) is 2.49. The molecule has 0 aliphatic rings. The summed E-state index contributed by atoms with van der Waals surface area (Å²) in [6.07, 6.45) is 0. The zero-order valence-corrected chi connectivity index (χ0v) is 14.0. The molecule has 0 bridgehead atoms. The van der Waals surface area contributed by atoms with Gasteiger partial charge in [-0.3, -0.25) is 0 Å². The van der Waals surface area contributed by atoms with Gasteiger partial charge in [-0.1, -0.05) is 17.7 Å². The highest BCUT2D eigenvalue weighted by atomic mass is 79.9. The Morgan fingerprint density at radius 3 is 2.43 bits per heavy atom. The summed E-state index contributed by atoms with van der Waals surface area (Å²) in [4.78, 5) is 0. The standard InChI is InChI=1S/C15H15BrClNO3/c1-20-14-6-11(17)12(7-15(14)21-2)18-8-9-3-4-13(19)10(16)5-9/h3-7,18-19H,8H2,1-2H3. The Bertz CT molecular complexity index is 649. The smallest absolute Gasteiger partial charge is 0.162 e. The number of aromatic hydroxyl groups is 1. The van der Waals surface area contributed by atoms with Gasteiger partial charge in [0.2, 0.25) is 0 Å². The summed E-state index contributed by atoms with van der Waals surface area (Å²) in [6.45, 7) is 0.564. The van der Waals surface area contributed by atoms with Gasteiger partial charge < -0.3 is 19.9 Å². The molecule has 0 aliphatic carbocycles. The van der Waals surface area contributed by atoms with E-state index in [0.717, 1.165) is 11.3 Å². The van der Waals surface area contributed by atoms with Crippen molar-refractivity contribution in [1.29, 1.82) is 0 Å². The number of rotatable bonds is 5. The van der Waals surface area contributed by atoms with E-state index in [4.69, 9.17) is 21.1 Å². The summed E-state index contributed by atoms with van der Waals surface area (Å²) in [5.74, 6) is 1.40. The van der Waals surface area contributed by atoms with Crippen LogP contribution in [0, 0.1) is 0 Å². The summed E-state index contributed by atoms with van der Waals surface area (Å²) in [7, 11) is 3.14. The van der Waals surface area contributed by atoms with Gasteiger partial charge in [0.05, 0.1) is 29.4 Å². The summed E-state index contributed by atoms with van der Waals surface area (Å²) in [6, 6.07) is 8.81. The van der Waals surface area contributed by atoms with Gasteiger partial charge in [0.15, 0.2) is 11.5 Å². The lowest BCUT2D eigenvalue weighted by atomic mass is 10.2. The van der Waals surface area contributed by atoms with Crippen molar-refractivity contribution in [3.63, 3.8) is 0 Å². The number of benzene rings is 2. The molecule has 0 aromatic heterocycles. The van der Waals surface area contributed by atoms with Crippen LogP contribution in [0.25, 0.3) is 0 Å². The second-order valence-electron chi connectivity index (χ2n) is 4.33. The zero-order chi connectivity index (χ0) is 15.4. The molecule has 21 heavy (non-hydrogen) atoms.